The standard InChI is InChI=1S/C26H28N6O15S/c1-31-25(28-29-30-31)48-8-10-7-45-24-26(44-2,23(43)32(24)13(10)20(39)40)27-18(36)12(19(37)38)9-3-5-11(6-4-9)46-22-16(35)14(33)15(34)17(47-22)21(41)42/h3-6,12,14-17,22,24,33-35H,7-8H2,1-2H3,(H,27,36)(H,37,38)(H,39,40)(H,41,42)/t12?,14?,15?,16?,17?,22?,24-,26+/m1/s1. The van der Waals surface area contributed by atoms with Gasteiger partial charge in [0.25, 0.3) is 11.6 Å². The van der Waals surface area contributed by atoms with E-state index in [1.54, 1.807) is 7.05 Å². The lowest BCUT2D eigenvalue weighted by Gasteiger charge is -2.55. The number of aryl methyl sites for hydroxylation is 1. The highest BCUT2D eigenvalue weighted by Gasteiger charge is 2.68. The van der Waals surface area contributed by atoms with Crippen LogP contribution in [0.3, 0.4) is 0 Å². The number of carboxylic acids is 3. The first-order valence-corrected chi connectivity index (χ1v) is 14.7. The van der Waals surface area contributed by atoms with Crippen molar-refractivity contribution in [1.82, 2.24) is 30.4 Å². The number of methoxy groups -OCH3 is 1. The molecule has 4 heterocycles. The highest BCUT2D eigenvalue weighted by Crippen LogP contribution is 2.41. The van der Waals surface area contributed by atoms with Gasteiger partial charge in [-0.1, -0.05) is 23.9 Å². The lowest BCUT2D eigenvalue weighted by Crippen LogP contribution is -2.82. The Kier molecular flexibility index (Phi) is 9.68. The number of carboxylic acid groups (broad SMARTS) is 3. The minimum atomic E-state index is -2.28. The fraction of sp³-hybridized carbons (Fsp3) is 0.462. The second kappa shape index (κ2) is 13.4. The zero-order valence-electron chi connectivity index (χ0n) is 24.8. The summed E-state index contributed by atoms with van der Waals surface area (Å²) in [5, 5.41) is 72.7. The number of aliphatic hydroxyl groups is 3. The number of ether oxygens (including phenoxy) is 4. The van der Waals surface area contributed by atoms with E-state index in [4.69, 9.17) is 18.9 Å². The predicted molar refractivity (Wildman–Crippen MR) is 150 cm³/mol. The van der Waals surface area contributed by atoms with Crippen molar-refractivity contribution in [2.24, 2.45) is 7.05 Å². The second-order valence-corrected chi connectivity index (χ2v) is 11.5. The van der Waals surface area contributed by atoms with Crippen molar-refractivity contribution in [1.29, 1.82) is 0 Å². The van der Waals surface area contributed by atoms with Gasteiger partial charge in [-0.2, -0.15) is 0 Å². The maximum absolute atomic E-state index is 13.4. The second-order valence-electron chi connectivity index (χ2n) is 10.6. The zero-order chi connectivity index (χ0) is 35.1. The van der Waals surface area contributed by atoms with E-state index in [2.05, 4.69) is 20.8 Å². The van der Waals surface area contributed by atoms with E-state index in [9.17, 15) is 54.6 Å². The molecule has 22 heteroatoms. The summed E-state index contributed by atoms with van der Waals surface area (Å²) in [4.78, 5) is 63.4. The molecule has 48 heavy (non-hydrogen) atoms. The number of nitrogens with one attached hydrogen (secondary N) is 1. The van der Waals surface area contributed by atoms with Gasteiger partial charge in [-0.3, -0.25) is 19.3 Å². The molecule has 21 nitrogen and oxygen atoms in total. The Balaban J connectivity index is 1.31. The topological polar surface area (TPSA) is 303 Å². The van der Waals surface area contributed by atoms with E-state index in [0.29, 0.717) is 5.16 Å². The van der Waals surface area contributed by atoms with Crippen LogP contribution in [0.15, 0.2) is 40.7 Å². The Labute approximate surface area is 272 Å². The summed E-state index contributed by atoms with van der Waals surface area (Å²) in [6.45, 7) is -0.290. The molecule has 2 saturated heterocycles. The normalized spacial score (nSPS) is 29.0. The molecule has 0 saturated carbocycles. The molecule has 258 valence electrons. The first-order chi connectivity index (χ1) is 22.7. The third kappa shape index (κ3) is 6.05. The molecular formula is C26H28N6O15S. The highest BCUT2D eigenvalue weighted by molar-refractivity contribution is 7.99. The van der Waals surface area contributed by atoms with Crippen LogP contribution in [0.5, 0.6) is 5.75 Å². The summed E-state index contributed by atoms with van der Waals surface area (Å²) in [6.07, 6.45) is -10.9. The van der Waals surface area contributed by atoms with Crippen molar-refractivity contribution in [3.63, 3.8) is 0 Å². The molecule has 0 spiro atoms. The fourth-order valence-electron chi connectivity index (χ4n) is 5.23. The smallest absolute Gasteiger partial charge is 0.352 e. The Hall–Kier alpha value is -4.71. The van der Waals surface area contributed by atoms with E-state index in [-0.39, 0.29) is 29.2 Å². The van der Waals surface area contributed by atoms with Crippen molar-refractivity contribution in [3.05, 3.63) is 41.1 Å². The maximum Gasteiger partial charge on any atom is 0.352 e. The van der Waals surface area contributed by atoms with Crippen LogP contribution in [0.25, 0.3) is 0 Å². The molecule has 2 aromatic rings. The van der Waals surface area contributed by atoms with Crippen molar-refractivity contribution in [2.45, 2.75) is 53.7 Å². The number of carbonyl (C=O) groups excluding carboxylic acids is 2. The highest BCUT2D eigenvalue weighted by atomic mass is 32.2. The Morgan fingerprint density at radius 3 is 2.35 bits per heavy atom. The monoisotopic (exact) mass is 696 g/mol. The van der Waals surface area contributed by atoms with E-state index >= 15 is 0 Å². The first-order valence-electron chi connectivity index (χ1n) is 13.8. The van der Waals surface area contributed by atoms with Gasteiger partial charge in [0.05, 0.1) is 6.61 Å². The number of hydrogen-bond donors (Lipinski definition) is 7. The number of amides is 2. The van der Waals surface area contributed by atoms with E-state index < -0.39 is 84.0 Å². The molecule has 3 aliphatic rings. The van der Waals surface area contributed by atoms with Crippen LogP contribution in [0, 0.1) is 0 Å². The number of carbonyl (C=O) groups is 5. The number of aliphatic carboxylic acids is 3. The van der Waals surface area contributed by atoms with Crippen molar-refractivity contribution in [3.8, 4) is 5.75 Å². The molecule has 3 aliphatic heterocycles. The van der Waals surface area contributed by atoms with Gasteiger partial charge >= 0.3 is 17.9 Å². The number of nitrogens with zero attached hydrogens (tertiary/aromatic N) is 5. The molecule has 1 aromatic heterocycles. The first kappa shape index (κ1) is 34.6. The molecule has 5 rings (SSSR count). The minimum absolute atomic E-state index is 0.0357. The average molecular weight is 697 g/mol. The van der Waals surface area contributed by atoms with Gasteiger partial charge in [0.2, 0.25) is 17.4 Å². The minimum Gasteiger partial charge on any atom is -0.480 e. The summed E-state index contributed by atoms with van der Waals surface area (Å²) in [5.74, 6) is -8.99. The molecule has 2 amide bonds. The van der Waals surface area contributed by atoms with Crippen LogP contribution < -0.4 is 10.1 Å². The van der Waals surface area contributed by atoms with Gasteiger partial charge in [-0.15, -0.1) is 5.10 Å². The number of aliphatic hydroxyl groups excluding tert-OH is 3. The zero-order valence-corrected chi connectivity index (χ0v) is 25.6. The molecule has 7 N–H and O–H groups in total. The van der Waals surface area contributed by atoms with Crippen LogP contribution in [0.4, 0.5) is 0 Å². The summed E-state index contributed by atoms with van der Waals surface area (Å²) in [7, 11) is 2.63. The van der Waals surface area contributed by atoms with E-state index in [1.807, 2.05) is 0 Å². The van der Waals surface area contributed by atoms with Gasteiger partial charge in [0.1, 0.15) is 29.8 Å². The third-order valence-electron chi connectivity index (χ3n) is 7.69. The fourth-order valence-corrected chi connectivity index (χ4v) is 6.07. The molecule has 8 atom stereocenters. The Bertz CT molecular complexity index is 1650. The summed E-state index contributed by atoms with van der Waals surface area (Å²) < 4.78 is 22.9. The van der Waals surface area contributed by atoms with Gasteiger partial charge in [0, 0.05) is 19.9 Å². The number of rotatable bonds is 12. The van der Waals surface area contributed by atoms with E-state index in [0.717, 1.165) is 48.0 Å². The van der Waals surface area contributed by atoms with Gasteiger partial charge < -0.3 is 54.9 Å². The third-order valence-corrected chi connectivity index (χ3v) is 8.78. The van der Waals surface area contributed by atoms with Gasteiger partial charge in [0.15, 0.2) is 18.2 Å². The molecule has 0 bridgehead atoms. The molecule has 0 radical (unpaired) electrons. The largest absolute Gasteiger partial charge is 0.480 e. The molecule has 0 aliphatic carbocycles. The molecule has 6 unspecified atom stereocenters. The lowest BCUT2D eigenvalue weighted by molar-refractivity contribution is -0.271. The van der Waals surface area contributed by atoms with Gasteiger partial charge in [-0.05, 0) is 33.7 Å². The molecule has 1 aromatic carbocycles. The number of β-lactam (4-membered cyclic amide) rings is 1. The number of thioether (sulfide) groups is 1. The molecule has 2 fully saturated rings. The summed E-state index contributed by atoms with van der Waals surface area (Å²) in [5.41, 5.74) is -2.60. The average Bonchev–Trinajstić information content (AvgIpc) is 3.46. The number of benzene rings is 1. The number of tetrazole rings is 1. The van der Waals surface area contributed by atoms with Gasteiger partial charge in [-0.25, -0.2) is 14.3 Å². The van der Waals surface area contributed by atoms with E-state index in [1.165, 1.54) is 4.68 Å². The van der Waals surface area contributed by atoms with Crippen LogP contribution in [0.1, 0.15) is 11.5 Å². The SMILES string of the molecule is CO[C@@]1(NC(=O)C(C(=O)O)c2ccc(OC3OC(C(=O)O)C(O)C(O)C3O)cc2)C(=O)N2C(C(=O)O)=C(CSc3nnnn3C)CO[C@@H]21. The van der Waals surface area contributed by atoms with Crippen LogP contribution >= 0.6 is 11.8 Å². The number of aromatic nitrogens is 4. The van der Waals surface area contributed by atoms with Crippen LogP contribution in [-0.4, -0.2) is 148 Å². The van der Waals surface area contributed by atoms with Crippen molar-refractivity contribution in [2.75, 3.05) is 19.5 Å². The quantitative estimate of drug-likeness (QED) is 0.0489. The predicted octanol–water partition coefficient (Wildman–Crippen LogP) is -3.56. The summed E-state index contributed by atoms with van der Waals surface area (Å²) in [6, 6.07) is 4.62. The maximum atomic E-state index is 13.4. The van der Waals surface area contributed by atoms with Crippen molar-refractivity contribution >= 4 is 41.5 Å². The number of fused-ring (bicyclic) bond motifs is 1. The number of hydrogen-bond acceptors (Lipinski definition) is 16. The molecular weight excluding hydrogens is 668 g/mol. The van der Waals surface area contributed by atoms with Crippen LogP contribution in [-0.2, 0) is 45.2 Å². The Morgan fingerprint density at radius 2 is 1.79 bits per heavy atom. The summed E-state index contributed by atoms with van der Waals surface area (Å²) >= 11 is 1.09. The lowest BCUT2D eigenvalue weighted by atomic mass is 9.92. The van der Waals surface area contributed by atoms with Crippen molar-refractivity contribution < 1.29 is 73.6 Å². The van der Waals surface area contributed by atoms with Crippen LogP contribution in [0.2, 0.25) is 0 Å². The Morgan fingerprint density at radius 1 is 1.10 bits per heavy atom.